The molecular weight excluding hydrogens is 350 g/mol. The van der Waals surface area contributed by atoms with Gasteiger partial charge in [-0.15, -0.1) is 0 Å². The van der Waals surface area contributed by atoms with Crippen LogP contribution in [0.5, 0.6) is 0 Å². The third-order valence-electron chi connectivity index (χ3n) is 4.17. The molecule has 2 rings (SSSR count). The summed E-state index contributed by atoms with van der Waals surface area (Å²) in [5.74, 6) is -0.939. The Balaban J connectivity index is 2.02. The molecule has 0 unspecified atom stereocenters. The number of ether oxygens (including phenoxy) is 1. The van der Waals surface area contributed by atoms with Gasteiger partial charge < -0.3 is 10.1 Å². The SMILES string of the molecule is Cc1c(Cl)cccc1NC(=O)[C@@H](C)OC(=O)c1ccc(C(C)(C)C)cc1. The van der Waals surface area contributed by atoms with E-state index in [9.17, 15) is 9.59 Å². The Kier molecular flexibility index (Phi) is 6.09. The second-order valence-corrected chi connectivity index (χ2v) is 7.68. The Morgan fingerprint density at radius 2 is 1.69 bits per heavy atom. The second-order valence-electron chi connectivity index (χ2n) is 7.28. The monoisotopic (exact) mass is 373 g/mol. The number of hydrogen-bond acceptors (Lipinski definition) is 3. The molecule has 0 fully saturated rings. The van der Waals surface area contributed by atoms with E-state index in [1.165, 1.54) is 6.92 Å². The highest BCUT2D eigenvalue weighted by Gasteiger charge is 2.20. The van der Waals surface area contributed by atoms with Crippen LogP contribution in [0.1, 0.15) is 49.2 Å². The van der Waals surface area contributed by atoms with Gasteiger partial charge in [0.15, 0.2) is 6.10 Å². The van der Waals surface area contributed by atoms with Crippen LogP contribution >= 0.6 is 11.6 Å². The normalized spacial score (nSPS) is 12.4. The Bertz CT molecular complexity index is 807. The zero-order chi connectivity index (χ0) is 19.5. The van der Waals surface area contributed by atoms with Gasteiger partial charge in [-0.25, -0.2) is 4.79 Å². The lowest BCUT2D eigenvalue weighted by atomic mass is 9.87. The lowest BCUT2D eigenvalue weighted by Crippen LogP contribution is -2.30. The first-order valence-electron chi connectivity index (χ1n) is 8.47. The lowest BCUT2D eigenvalue weighted by Gasteiger charge is -2.19. The third kappa shape index (κ3) is 4.85. The lowest BCUT2D eigenvalue weighted by molar-refractivity contribution is -0.123. The van der Waals surface area contributed by atoms with Gasteiger partial charge in [0.2, 0.25) is 0 Å². The molecule has 138 valence electrons. The molecule has 2 aromatic rings. The highest BCUT2D eigenvalue weighted by Crippen LogP contribution is 2.24. The molecule has 0 aliphatic heterocycles. The van der Waals surface area contributed by atoms with Crippen LogP contribution in [-0.4, -0.2) is 18.0 Å². The number of hydrogen-bond donors (Lipinski definition) is 1. The summed E-state index contributed by atoms with van der Waals surface area (Å²) in [6, 6.07) is 12.5. The topological polar surface area (TPSA) is 55.4 Å². The number of carbonyl (C=O) groups is 2. The third-order valence-corrected chi connectivity index (χ3v) is 4.57. The van der Waals surface area contributed by atoms with Crippen molar-refractivity contribution in [3.8, 4) is 0 Å². The number of benzene rings is 2. The van der Waals surface area contributed by atoms with Crippen LogP contribution in [0.25, 0.3) is 0 Å². The fourth-order valence-corrected chi connectivity index (χ4v) is 2.54. The molecule has 0 spiro atoms. The minimum atomic E-state index is -0.928. The van der Waals surface area contributed by atoms with Gasteiger partial charge in [-0.2, -0.15) is 0 Å². The second kappa shape index (κ2) is 7.92. The van der Waals surface area contributed by atoms with Crippen molar-refractivity contribution in [2.75, 3.05) is 5.32 Å². The van der Waals surface area contributed by atoms with Crippen molar-refractivity contribution in [1.29, 1.82) is 0 Å². The molecule has 5 heteroatoms. The predicted octanol–water partition coefficient (Wildman–Crippen LogP) is 5.13. The average Bonchev–Trinajstić information content (AvgIpc) is 2.58. The molecule has 1 amide bonds. The number of rotatable bonds is 4. The van der Waals surface area contributed by atoms with E-state index in [0.717, 1.165) is 11.1 Å². The number of nitrogens with one attached hydrogen (secondary N) is 1. The Morgan fingerprint density at radius 3 is 2.27 bits per heavy atom. The fraction of sp³-hybridized carbons (Fsp3) is 0.333. The fourth-order valence-electron chi connectivity index (χ4n) is 2.37. The van der Waals surface area contributed by atoms with Crippen molar-refractivity contribution in [3.05, 3.63) is 64.2 Å². The summed E-state index contributed by atoms with van der Waals surface area (Å²) >= 11 is 6.05. The Hall–Kier alpha value is -2.33. The summed E-state index contributed by atoms with van der Waals surface area (Å²) < 4.78 is 5.28. The van der Waals surface area contributed by atoms with Crippen molar-refractivity contribution in [2.45, 2.75) is 46.1 Å². The average molecular weight is 374 g/mol. The van der Waals surface area contributed by atoms with Crippen molar-refractivity contribution in [2.24, 2.45) is 0 Å². The summed E-state index contributed by atoms with van der Waals surface area (Å²) in [7, 11) is 0. The molecule has 2 aromatic carbocycles. The van der Waals surface area contributed by atoms with Gasteiger partial charge in [0.05, 0.1) is 5.56 Å². The van der Waals surface area contributed by atoms with Crippen molar-refractivity contribution < 1.29 is 14.3 Å². The van der Waals surface area contributed by atoms with Gasteiger partial charge in [-0.05, 0) is 54.7 Å². The zero-order valence-electron chi connectivity index (χ0n) is 15.7. The summed E-state index contributed by atoms with van der Waals surface area (Å²) in [5.41, 5.74) is 2.90. The van der Waals surface area contributed by atoms with Crippen LogP contribution in [-0.2, 0) is 14.9 Å². The van der Waals surface area contributed by atoms with Gasteiger partial charge in [-0.1, -0.05) is 50.6 Å². The first-order chi connectivity index (χ1) is 12.1. The molecule has 0 aliphatic rings. The highest BCUT2D eigenvalue weighted by atomic mass is 35.5. The quantitative estimate of drug-likeness (QED) is 0.756. The van der Waals surface area contributed by atoms with E-state index in [1.807, 2.05) is 19.1 Å². The molecule has 0 saturated heterocycles. The number of halogens is 1. The van der Waals surface area contributed by atoms with Crippen LogP contribution in [0.4, 0.5) is 5.69 Å². The number of anilines is 1. The molecule has 1 N–H and O–H groups in total. The molecule has 0 saturated carbocycles. The van der Waals surface area contributed by atoms with Crippen molar-refractivity contribution >= 4 is 29.2 Å². The molecule has 0 radical (unpaired) electrons. The number of amides is 1. The maximum Gasteiger partial charge on any atom is 0.338 e. The Labute approximate surface area is 159 Å². The van der Waals surface area contributed by atoms with E-state index in [-0.39, 0.29) is 5.41 Å². The van der Waals surface area contributed by atoms with Gasteiger partial charge >= 0.3 is 5.97 Å². The standard InChI is InChI=1S/C21H24ClNO3/c1-13-17(22)7-6-8-18(13)23-19(24)14(2)26-20(25)15-9-11-16(12-10-15)21(3,4)5/h6-12,14H,1-5H3,(H,23,24)/t14-/m1/s1. The summed E-state index contributed by atoms with van der Waals surface area (Å²) in [6.07, 6.45) is -0.928. The maximum absolute atomic E-state index is 12.3. The van der Waals surface area contributed by atoms with Crippen LogP contribution in [0, 0.1) is 6.92 Å². The van der Waals surface area contributed by atoms with Crippen LogP contribution in [0.3, 0.4) is 0 Å². The van der Waals surface area contributed by atoms with E-state index in [2.05, 4.69) is 26.1 Å². The molecule has 0 heterocycles. The van der Waals surface area contributed by atoms with E-state index >= 15 is 0 Å². The number of carbonyl (C=O) groups excluding carboxylic acids is 2. The van der Waals surface area contributed by atoms with E-state index in [1.54, 1.807) is 30.3 Å². The zero-order valence-corrected chi connectivity index (χ0v) is 16.5. The molecule has 1 atom stereocenters. The summed E-state index contributed by atoms with van der Waals surface area (Å²) in [5, 5.41) is 3.30. The maximum atomic E-state index is 12.3. The number of esters is 1. The van der Waals surface area contributed by atoms with E-state index in [0.29, 0.717) is 16.3 Å². The van der Waals surface area contributed by atoms with Gasteiger partial charge in [-0.3, -0.25) is 4.79 Å². The summed E-state index contributed by atoms with van der Waals surface area (Å²) in [4.78, 5) is 24.6. The predicted molar refractivity (Wildman–Crippen MR) is 105 cm³/mol. The van der Waals surface area contributed by atoms with Gasteiger partial charge in [0.1, 0.15) is 0 Å². The largest absolute Gasteiger partial charge is 0.449 e. The van der Waals surface area contributed by atoms with Crippen LogP contribution < -0.4 is 5.32 Å². The first kappa shape index (κ1) is 20.0. The van der Waals surface area contributed by atoms with Crippen LogP contribution in [0.2, 0.25) is 5.02 Å². The van der Waals surface area contributed by atoms with Crippen LogP contribution in [0.15, 0.2) is 42.5 Å². The van der Waals surface area contributed by atoms with E-state index < -0.39 is 18.0 Å². The Morgan fingerprint density at radius 1 is 1.08 bits per heavy atom. The molecule has 0 bridgehead atoms. The molecular formula is C21H24ClNO3. The minimum absolute atomic E-state index is 0.00439. The van der Waals surface area contributed by atoms with E-state index in [4.69, 9.17) is 16.3 Å². The first-order valence-corrected chi connectivity index (χ1v) is 8.85. The van der Waals surface area contributed by atoms with Gasteiger partial charge in [0.25, 0.3) is 5.91 Å². The van der Waals surface area contributed by atoms with Crippen molar-refractivity contribution in [1.82, 2.24) is 0 Å². The minimum Gasteiger partial charge on any atom is -0.449 e. The molecule has 0 aromatic heterocycles. The van der Waals surface area contributed by atoms with Gasteiger partial charge in [0, 0.05) is 10.7 Å². The van der Waals surface area contributed by atoms with Crippen molar-refractivity contribution in [3.63, 3.8) is 0 Å². The molecule has 4 nitrogen and oxygen atoms in total. The smallest absolute Gasteiger partial charge is 0.338 e. The molecule has 0 aliphatic carbocycles. The molecule has 26 heavy (non-hydrogen) atoms. The summed E-state index contributed by atoms with van der Waals surface area (Å²) in [6.45, 7) is 9.65. The highest BCUT2D eigenvalue weighted by molar-refractivity contribution is 6.31.